The van der Waals surface area contributed by atoms with Crippen molar-refractivity contribution in [2.24, 2.45) is 17.6 Å². The number of anilines is 2. The number of fused-ring (bicyclic) bond motifs is 1. The molecule has 4 rings (SSSR count). The van der Waals surface area contributed by atoms with Crippen molar-refractivity contribution < 1.29 is 14.7 Å². The van der Waals surface area contributed by atoms with Crippen molar-refractivity contribution in [1.29, 1.82) is 0 Å². The molecule has 0 bridgehead atoms. The summed E-state index contributed by atoms with van der Waals surface area (Å²) in [6.07, 6.45) is 3.81. The van der Waals surface area contributed by atoms with Gasteiger partial charge in [-0.05, 0) is 43.4 Å². The third-order valence-corrected chi connectivity index (χ3v) is 5.89. The zero-order chi connectivity index (χ0) is 20.9. The van der Waals surface area contributed by atoms with Crippen LogP contribution in [0.25, 0.3) is 0 Å². The summed E-state index contributed by atoms with van der Waals surface area (Å²) in [6, 6.07) is 4.62. The fourth-order valence-electron chi connectivity index (χ4n) is 4.45. The molecule has 4 N–H and O–H groups in total. The van der Waals surface area contributed by atoms with Crippen LogP contribution in [-0.2, 0) is 4.79 Å². The Morgan fingerprint density at radius 2 is 2.03 bits per heavy atom. The Labute approximate surface area is 169 Å². The van der Waals surface area contributed by atoms with Crippen molar-refractivity contribution in [2.75, 3.05) is 10.2 Å². The summed E-state index contributed by atoms with van der Waals surface area (Å²) in [5, 5.41) is 13.8. The fourth-order valence-corrected chi connectivity index (χ4v) is 4.45. The van der Waals surface area contributed by atoms with Gasteiger partial charge in [0.15, 0.2) is 0 Å². The molecule has 8 heteroatoms. The Bertz CT molecular complexity index is 988. The number of hydrogen-bond acceptors (Lipinski definition) is 6. The van der Waals surface area contributed by atoms with E-state index in [1.165, 1.54) is 13.0 Å². The van der Waals surface area contributed by atoms with Crippen molar-refractivity contribution in [3.05, 3.63) is 41.2 Å². The van der Waals surface area contributed by atoms with Gasteiger partial charge in [0.25, 0.3) is 5.91 Å². The quantitative estimate of drug-likeness (QED) is 0.731. The highest BCUT2D eigenvalue weighted by molar-refractivity contribution is 5.99. The highest BCUT2D eigenvalue weighted by atomic mass is 16.3. The van der Waals surface area contributed by atoms with E-state index in [-0.39, 0.29) is 35.2 Å². The third kappa shape index (κ3) is 3.39. The van der Waals surface area contributed by atoms with Gasteiger partial charge in [-0.2, -0.15) is 0 Å². The number of nitrogens with one attached hydrogen (secondary N) is 1. The SMILES string of the molecule is CC(=O)N1c2cc(O)c(C(N)=O)cc2[C@H](Nc2nccc(C)n2)[C@@H](C)[C@@H]1C1CC1. The van der Waals surface area contributed by atoms with Gasteiger partial charge in [0, 0.05) is 36.8 Å². The Balaban J connectivity index is 1.87. The van der Waals surface area contributed by atoms with Crippen LogP contribution in [0.2, 0.25) is 0 Å². The number of primary amides is 1. The lowest BCUT2D eigenvalue weighted by molar-refractivity contribution is -0.117. The minimum Gasteiger partial charge on any atom is -0.507 e. The van der Waals surface area contributed by atoms with E-state index in [1.54, 1.807) is 17.2 Å². The fraction of sp³-hybridized carbons (Fsp3) is 0.429. The number of aryl methyl sites for hydroxylation is 1. The standard InChI is InChI=1S/C21H25N5O3/c1-10-6-7-23-21(24-10)25-18-11(2)19(13-4-5-13)26(12(3)27)16-9-17(28)15(20(22)29)8-14(16)18/h6-9,11,13,18-19,28H,4-5H2,1-3H3,(H2,22,29)(H,23,24,25)/t11-,18-,19-/m1/s1. The highest BCUT2D eigenvalue weighted by Crippen LogP contribution is 2.51. The number of carbonyl (C=O) groups is 2. The normalized spacial score (nSPS) is 23.4. The zero-order valence-electron chi connectivity index (χ0n) is 16.7. The van der Waals surface area contributed by atoms with E-state index in [1.807, 2.05) is 13.0 Å². The summed E-state index contributed by atoms with van der Waals surface area (Å²) in [6.45, 7) is 5.51. The maximum absolute atomic E-state index is 12.6. The van der Waals surface area contributed by atoms with Crippen LogP contribution < -0.4 is 16.0 Å². The molecule has 2 amide bonds. The number of phenols is 1. The van der Waals surface area contributed by atoms with Gasteiger partial charge in [0.2, 0.25) is 11.9 Å². The summed E-state index contributed by atoms with van der Waals surface area (Å²) in [5.41, 5.74) is 7.64. The number of rotatable bonds is 4. The Morgan fingerprint density at radius 1 is 1.31 bits per heavy atom. The molecule has 8 nitrogen and oxygen atoms in total. The lowest BCUT2D eigenvalue weighted by atomic mass is 9.79. The molecular formula is C21H25N5O3. The third-order valence-electron chi connectivity index (χ3n) is 5.89. The van der Waals surface area contributed by atoms with Gasteiger partial charge in [-0.1, -0.05) is 6.92 Å². The monoisotopic (exact) mass is 395 g/mol. The topological polar surface area (TPSA) is 121 Å². The van der Waals surface area contributed by atoms with E-state index in [2.05, 4.69) is 22.2 Å². The molecule has 2 aliphatic rings. The Kier molecular flexibility index (Phi) is 4.64. The zero-order valence-corrected chi connectivity index (χ0v) is 16.7. The first-order valence-corrected chi connectivity index (χ1v) is 9.80. The molecule has 2 aromatic rings. The minimum absolute atomic E-state index is 0.0128. The molecule has 29 heavy (non-hydrogen) atoms. The molecule has 1 aliphatic heterocycles. The number of benzene rings is 1. The van der Waals surface area contributed by atoms with Gasteiger partial charge >= 0.3 is 0 Å². The largest absolute Gasteiger partial charge is 0.507 e. The van der Waals surface area contributed by atoms with Crippen LogP contribution >= 0.6 is 0 Å². The predicted octanol–water partition coefficient (Wildman–Crippen LogP) is 2.52. The molecule has 1 aromatic carbocycles. The van der Waals surface area contributed by atoms with Crippen molar-refractivity contribution in [3.63, 3.8) is 0 Å². The van der Waals surface area contributed by atoms with Crippen molar-refractivity contribution in [3.8, 4) is 5.75 Å². The second-order valence-electron chi connectivity index (χ2n) is 8.01. The van der Waals surface area contributed by atoms with E-state index >= 15 is 0 Å². The molecule has 3 atom stereocenters. The van der Waals surface area contributed by atoms with E-state index in [9.17, 15) is 14.7 Å². The van der Waals surface area contributed by atoms with Crippen molar-refractivity contribution >= 4 is 23.5 Å². The van der Waals surface area contributed by atoms with Crippen LogP contribution in [0.1, 0.15) is 54.3 Å². The van der Waals surface area contributed by atoms with Gasteiger partial charge in [-0.15, -0.1) is 0 Å². The van der Waals surface area contributed by atoms with Crippen molar-refractivity contribution in [1.82, 2.24) is 9.97 Å². The Morgan fingerprint density at radius 3 is 2.62 bits per heavy atom. The molecule has 0 radical (unpaired) electrons. The molecule has 0 spiro atoms. The maximum atomic E-state index is 12.6. The molecular weight excluding hydrogens is 370 g/mol. The summed E-state index contributed by atoms with van der Waals surface area (Å²) in [5.74, 6) is -0.117. The van der Waals surface area contributed by atoms with Crippen LogP contribution in [0.15, 0.2) is 24.4 Å². The first-order valence-electron chi connectivity index (χ1n) is 9.80. The van der Waals surface area contributed by atoms with E-state index in [4.69, 9.17) is 5.73 Å². The molecule has 1 aliphatic carbocycles. The second-order valence-corrected chi connectivity index (χ2v) is 8.01. The average molecular weight is 395 g/mol. The number of nitrogens with two attached hydrogens (primary N) is 1. The summed E-state index contributed by atoms with van der Waals surface area (Å²) in [7, 11) is 0. The smallest absolute Gasteiger partial charge is 0.252 e. The Hall–Kier alpha value is -3.16. The number of aromatic nitrogens is 2. The van der Waals surface area contributed by atoms with Gasteiger partial charge in [0.05, 0.1) is 17.3 Å². The minimum atomic E-state index is -0.720. The first-order chi connectivity index (χ1) is 13.8. The molecule has 2 heterocycles. The molecule has 0 unspecified atom stereocenters. The molecule has 152 valence electrons. The van der Waals surface area contributed by atoms with Crippen LogP contribution in [0.5, 0.6) is 5.75 Å². The van der Waals surface area contributed by atoms with Gasteiger partial charge in [0.1, 0.15) is 5.75 Å². The van der Waals surface area contributed by atoms with Crippen LogP contribution in [0, 0.1) is 18.8 Å². The predicted molar refractivity (Wildman–Crippen MR) is 109 cm³/mol. The number of hydrogen-bond donors (Lipinski definition) is 3. The first kappa shape index (κ1) is 19.2. The lowest BCUT2D eigenvalue weighted by Gasteiger charge is -2.45. The van der Waals surface area contributed by atoms with Crippen LogP contribution in [0.3, 0.4) is 0 Å². The number of carbonyl (C=O) groups excluding carboxylic acids is 2. The molecule has 0 saturated heterocycles. The van der Waals surface area contributed by atoms with Crippen molar-refractivity contribution in [2.45, 2.75) is 45.7 Å². The number of aromatic hydroxyl groups is 1. The van der Waals surface area contributed by atoms with E-state index in [0.29, 0.717) is 17.6 Å². The molecule has 1 aromatic heterocycles. The van der Waals surface area contributed by atoms with Crippen LogP contribution in [0.4, 0.5) is 11.6 Å². The second kappa shape index (κ2) is 7.02. The van der Waals surface area contributed by atoms with Gasteiger partial charge in [-0.25, -0.2) is 9.97 Å². The highest BCUT2D eigenvalue weighted by Gasteiger charge is 2.48. The maximum Gasteiger partial charge on any atom is 0.252 e. The summed E-state index contributed by atoms with van der Waals surface area (Å²) >= 11 is 0. The number of nitrogens with zero attached hydrogens (tertiary/aromatic N) is 3. The van der Waals surface area contributed by atoms with Crippen LogP contribution in [-0.4, -0.2) is 32.9 Å². The molecule has 1 saturated carbocycles. The average Bonchev–Trinajstić information content (AvgIpc) is 3.47. The van der Waals surface area contributed by atoms with E-state index < -0.39 is 5.91 Å². The number of amides is 2. The lowest BCUT2D eigenvalue weighted by Crippen LogP contribution is -2.51. The van der Waals surface area contributed by atoms with E-state index in [0.717, 1.165) is 24.1 Å². The summed E-state index contributed by atoms with van der Waals surface area (Å²) in [4.78, 5) is 34.9. The molecule has 1 fully saturated rings. The summed E-state index contributed by atoms with van der Waals surface area (Å²) < 4.78 is 0. The van der Waals surface area contributed by atoms with Gasteiger partial charge < -0.3 is 21.1 Å². The van der Waals surface area contributed by atoms with Gasteiger partial charge in [-0.3, -0.25) is 9.59 Å².